The molecule has 148 valence electrons. The van der Waals surface area contributed by atoms with Gasteiger partial charge in [-0.05, 0) is 36.6 Å². The van der Waals surface area contributed by atoms with Crippen LogP contribution in [-0.4, -0.2) is 52.5 Å². The summed E-state index contributed by atoms with van der Waals surface area (Å²) in [5, 5.41) is 8.77. The summed E-state index contributed by atoms with van der Waals surface area (Å²) in [6, 6.07) is 20.0. The average molecular weight is 379 g/mol. The van der Waals surface area contributed by atoms with Crippen LogP contribution in [0.4, 0.5) is 0 Å². The normalized spacial score (nSPS) is 21.2. The van der Waals surface area contributed by atoms with E-state index in [1.165, 1.54) is 17.2 Å². The van der Waals surface area contributed by atoms with Crippen molar-refractivity contribution in [1.29, 1.82) is 0 Å². The maximum atomic E-state index is 11.2. The molecule has 1 fully saturated rings. The van der Waals surface area contributed by atoms with Gasteiger partial charge in [0.15, 0.2) is 5.78 Å². The second-order valence-electron chi connectivity index (χ2n) is 7.75. The van der Waals surface area contributed by atoms with Crippen LogP contribution >= 0.6 is 0 Å². The van der Waals surface area contributed by atoms with E-state index in [1.807, 2.05) is 12.1 Å². The molecule has 1 aliphatic rings. The number of aliphatic hydroxyl groups excluding tert-OH is 1. The minimum absolute atomic E-state index is 0.277. The van der Waals surface area contributed by atoms with Gasteiger partial charge >= 0.3 is 0 Å². The van der Waals surface area contributed by atoms with Crippen molar-refractivity contribution in [1.82, 2.24) is 9.80 Å². The summed E-state index contributed by atoms with van der Waals surface area (Å²) < 4.78 is 0. The Kier molecular flexibility index (Phi) is 7.15. The molecule has 0 amide bonds. The third kappa shape index (κ3) is 5.61. The van der Waals surface area contributed by atoms with E-state index in [0.29, 0.717) is 12.1 Å². The third-order valence-corrected chi connectivity index (χ3v) is 5.39. The van der Waals surface area contributed by atoms with Crippen LogP contribution in [0.5, 0.6) is 0 Å². The Morgan fingerprint density at radius 2 is 1.57 bits per heavy atom. The van der Waals surface area contributed by atoms with E-state index in [2.05, 4.69) is 66.1 Å². The van der Waals surface area contributed by atoms with Crippen LogP contribution in [0.2, 0.25) is 0 Å². The summed E-state index contributed by atoms with van der Waals surface area (Å²) in [6.07, 6.45) is 3.17. The van der Waals surface area contributed by atoms with Crippen LogP contribution in [0, 0.1) is 0 Å². The van der Waals surface area contributed by atoms with E-state index in [4.69, 9.17) is 5.11 Å². The van der Waals surface area contributed by atoms with Gasteiger partial charge in [0.05, 0.1) is 0 Å². The minimum atomic E-state index is -0.443. The van der Waals surface area contributed by atoms with E-state index in [9.17, 15) is 4.79 Å². The fraction of sp³-hybridized carbons (Fsp3) is 0.375. The Balaban J connectivity index is 1.56. The van der Waals surface area contributed by atoms with E-state index in [-0.39, 0.29) is 5.78 Å². The van der Waals surface area contributed by atoms with Crippen molar-refractivity contribution in [3.05, 3.63) is 77.4 Å². The number of rotatable bonds is 7. The number of nitrogens with zero attached hydrogens (tertiary/aromatic N) is 2. The lowest BCUT2D eigenvalue weighted by atomic mass is 10.0. The molecule has 0 unspecified atom stereocenters. The number of carbonyl (C=O) groups excluding carboxylic acids is 1. The molecule has 0 saturated carbocycles. The average Bonchev–Trinajstić information content (AvgIpc) is 2.71. The summed E-state index contributed by atoms with van der Waals surface area (Å²) in [7, 11) is 0. The molecule has 4 heteroatoms. The number of carbonyl (C=O) groups is 1. The van der Waals surface area contributed by atoms with Gasteiger partial charge in [0.2, 0.25) is 0 Å². The fourth-order valence-corrected chi connectivity index (χ4v) is 3.94. The Hall–Kier alpha value is -2.27. The Morgan fingerprint density at radius 3 is 2.18 bits per heavy atom. The summed E-state index contributed by atoms with van der Waals surface area (Å²) in [4.78, 5) is 16.3. The first-order chi connectivity index (χ1) is 13.5. The number of ketones is 1. The Morgan fingerprint density at radius 1 is 0.964 bits per heavy atom. The van der Waals surface area contributed by atoms with Gasteiger partial charge in [-0.3, -0.25) is 14.6 Å². The van der Waals surface area contributed by atoms with Gasteiger partial charge in [-0.25, -0.2) is 0 Å². The quantitative estimate of drug-likeness (QED) is 0.751. The van der Waals surface area contributed by atoms with Crippen LogP contribution in [0.15, 0.2) is 60.7 Å². The van der Waals surface area contributed by atoms with Gasteiger partial charge in [-0.2, -0.15) is 0 Å². The molecule has 0 aromatic heterocycles. The molecule has 3 rings (SSSR count). The van der Waals surface area contributed by atoms with E-state index in [0.717, 1.165) is 31.7 Å². The molecule has 0 radical (unpaired) electrons. The second kappa shape index (κ2) is 9.78. The smallest absolute Gasteiger partial charge is 0.181 e. The highest BCUT2D eigenvalue weighted by Crippen LogP contribution is 2.21. The lowest BCUT2D eigenvalue weighted by Gasteiger charge is -2.44. The molecule has 4 nitrogen and oxygen atoms in total. The minimum Gasteiger partial charge on any atom is -0.388 e. The molecule has 0 aliphatic carbocycles. The second-order valence-corrected chi connectivity index (χ2v) is 7.75. The van der Waals surface area contributed by atoms with E-state index >= 15 is 0 Å². The number of aliphatic hydroxyl groups is 1. The number of hydrogen-bond donors (Lipinski definition) is 1. The van der Waals surface area contributed by atoms with Crippen LogP contribution in [0.3, 0.4) is 0 Å². The van der Waals surface area contributed by atoms with Crippen LogP contribution in [0.1, 0.15) is 30.5 Å². The zero-order valence-corrected chi connectivity index (χ0v) is 16.8. The maximum Gasteiger partial charge on any atom is 0.181 e. The first-order valence-corrected chi connectivity index (χ1v) is 9.98. The molecule has 1 aliphatic heterocycles. The zero-order valence-electron chi connectivity index (χ0n) is 16.8. The first-order valence-electron chi connectivity index (χ1n) is 9.98. The molecule has 2 atom stereocenters. The van der Waals surface area contributed by atoms with Crippen molar-refractivity contribution in [2.75, 3.05) is 19.7 Å². The van der Waals surface area contributed by atoms with Crippen molar-refractivity contribution in [3.63, 3.8) is 0 Å². The van der Waals surface area contributed by atoms with Crippen LogP contribution in [-0.2, 0) is 17.9 Å². The molecule has 28 heavy (non-hydrogen) atoms. The topological polar surface area (TPSA) is 43.8 Å². The number of piperazine rings is 1. The monoisotopic (exact) mass is 378 g/mol. The van der Waals surface area contributed by atoms with Gasteiger partial charge in [0, 0.05) is 38.3 Å². The number of benzene rings is 2. The molecular weight excluding hydrogens is 348 g/mol. The highest BCUT2D eigenvalue weighted by atomic mass is 16.3. The largest absolute Gasteiger partial charge is 0.388 e. The standard InChI is InChI=1S/C24H30N2O2/c1-19-14-25(15-20(2)26(19)17-22-6-4-3-5-7-22)16-23-10-8-21(9-11-23)12-13-24(28)18-27/h3-13,19-20,27H,14-18H2,1-2H3/b13-12+/t19-,20+. The summed E-state index contributed by atoms with van der Waals surface area (Å²) in [5.41, 5.74) is 3.62. The van der Waals surface area contributed by atoms with Crippen LogP contribution < -0.4 is 0 Å². The van der Waals surface area contributed by atoms with Crippen molar-refractivity contribution in [3.8, 4) is 0 Å². The molecule has 2 aromatic rings. The van der Waals surface area contributed by atoms with Gasteiger partial charge in [-0.15, -0.1) is 0 Å². The molecule has 1 saturated heterocycles. The highest BCUT2D eigenvalue weighted by Gasteiger charge is 2.29. The summed E-state index contributed by atoms with van der Waals surface area (Å²) >= 11 is 0. The molecule has 0 bridgehead atoms. The maximum absolute atomic E-state index is 11.2. The molecular formula is C24H30N2O2. The molecule has 0 spiro atoms. The Labute approximate surface area is 168 Å². The predicted octanol–water partition coefficient (Wildman–Crippen LogP) is 3.36. The summed E-state index contributed by atoms with van der Waals surface area (Å²) in [6.45, 7) is 8.25. The van der Waals surface area contributed by atoms with Gasteiger partial charge in [-0.1, -0.05) is 60.7 Å². The van der Waals surface area contributed by atoms with Crippen molar-refractivity contribution < 1.29 is 9.90 Å². The van der Waals surface area contributed by atoms with E-state index < -0.39 is 6.61 Å². The van der Waals surface area contributed by atoms with Crippen molar-refractivity contribution >= 4 is 11.9 Å². The van der Waals surface area contributed by atoms with Gasteiger partial charge in [0.1, 0.15) is 6.61 Å². The van der Waals surface area contributed by atoms with Gasteiger partial charge in [0.25, 0.3) is 0 Å². The van der Waals surface area contributed by atoms with E-state index in [1.54, 1.807) is 6.08 Å². The lowest BCUT2D eigenvalue weighted by Crippen LogP contribution is -2.55. The SMILES string of the molecule is C[C@@H]1CN(Cc2ccc(/C=C/C(=O)CO)cc2)C[C@H](C)N1Cc1ccccc1. The fourth-order valence-electron chi connectivity index (χ4n) is 3.94. The zero-order chi connectivity index (χ0) is 19.9. The third-order valence-electron chi connectivity index (χ3n) is 5.39. The Bertz CT molecular complexity index is 774. The summed E-state index contributed by atoms with van der Waals surface area (Å²) in [5.74, 6) is -0.277. The first kappa shape index (κ1) is 20.5. The molecule has 1 heterocycles. The van der Waals surface area contributed by atoms with Gasteiger partial charge < -0.3 is 5.11 Å². The molecule has 2 aromatic carbocycles. The predicted molar refractivity (Wildman–Crippen MR) is 114 cm³/mol. The van der Waals surface area contributed by atoms with Crippen molar-refractivity contribution in [2.45, 2.75) is 39.0 Å². The lowest BCUT2D eigenvalue weighted by molar-refractivity contribution is -0.117. The van der Waals surface area contributed by atoms with Crippen LogP contribution in [0.25, 0.3) is 6.08 Å². The molecule has 1 N–H and O–H groups in total. The number of hydrogen-bond acceptors (Lipinski definition) is 4. The highest BCUT2D eigenvalue weighted by molar-refractivity contribution is 5.94. The van der Waals surface area contributed by atoms with Crippen molar-refractivity contribution in [2.24, 2.45) is 0 Å².